The molecule has 0 saturated carbocycles. The maximum atomic E-state index is 12.0. The fourth-order valence-corrected chi connectivity index (χ4v) is 2.88. The summed E-state index contributed by atoms with van der Waals surface area (Å²) in [4.78, 5) is 54.9. The van der Waals surface area contributed by atoms with Crippen LogP contribution in [0.3, 0.4) is 0 Å². The number of benzene rings is 2. The number of carboxylic acids is 3. The van der Waals surface area contributed by atoms with E-state index >= 15 is 0 Å². The Bertz CT molecular complexity index is 1370. The second kappa shape index (κ2) is 19.5. The first-order valence-corrected chi connectivity index (χ1v) is 10.2. The summed E-state index contributed by atoms with van der Waals surface area (Å²) in [5.74, 6) is -6.39. The third kappa shape index (κ3) is 13.0. The van der Waals surface area contributed by atoms with Gasteiger partial charge in [-0.15, -0.1) is 12.3 Å². The quantitative estimate of drug-likeness (QED) is 0.0498. The van der Waals surface area contributed by atoms with E-state index in [2.05, 4.69) is 32.2 Å². The van der Waals surface area contributed by atoms with Crippen LogP contribution in [-0.4, -0.2) is 32.9 Å². The van der Waals surface area contributed by atoms with Gasteiger partial charge in [-0.1, -0.05) is 24.3 Å². The van der Waals surface area contributed by atoms with Crippen molar-refractivity contribution in [3.05, 3.63) is 93.6 Å². The van der Waals surface area contributed by atoms with Crippen LogP contribution >= 0.6 is 0 Å². The van der Waals surface area contributed by atoms with Crippen molar-refractivity contribution in [2.75, 3.05) is 10.6 Å². The monoisotopic (exact) mass is 593 g/mol. The topological polar surface area (TPSA) is 226 Å². The number of rotatable bonds is 10. The molecular formula is C24H15N5Na4O8. The molecule has 0 bridgehead atoms. The Labute approximate surface area is 321 Å². The molecule has 0 radical (unpaired) electrons. The average Bonchev–Trinajstić information content (AvgIpc) is 2.81. The van der Waals surface area contributed by atoms with Gasteiger partial charge in [0, 0.05) is 16.9 Å². The van der Waals surface area contributed by atoms with Crippen molar-refractivity contribution in [1.82, 2.24) is 15.0 Å². The van der Waals surface area contributed by atoms with E-state index in [1.54, 1.807) is 12.1 Å². The molecule has 1 aromatic heterocycles. The zero-order chi connectivity index (χ0) is 27.1. The fraction of sp³-hybridized carbons (Fsp3) is 0. The zero-order valence-electron chi connectivity index (χ0n) is 22.6. The second-order valence-electron chi connectivity index (χ2n) is 7.22. The van der Waals surface area contributed by atoms with Crippen molar-refractivity contribution < 1.29 is 153 Å². The van der Waals surface area contributed by atoms with E-state index in [9.17, 15) is 39.6 Å². The number of anilines is 4. The SMILES string of the molecule is C=C([O-])/C(=C/c1ccc(Nc2nc(Nc3ccc(C=C(C(=O)[O-])C(=O)[O-])cc3)nc(=O)[nH]2)cc1)C(=O)[O-].[Na+].[Na+].[Na+].[Na+]. The molecule has 0 saturated heterocycles. The molecule has 41 heavy (non-hydrogen) atoms. The van der Waals surface area contributed by atoms with E-state index in [4.69, 9.17) is 0 Å². The molecule has 0 atom stereocenters. The number of H-pyrrole nitrogens is 1. The summed E-state index contributed by atoms with van der Waals surface area (Å²) in [6.07, 6.45) is 1.99. The van der Waals surface area contributed by atoms with Gasteiger partial charge in [0.15, 0.2) is 0 Å². The van der Waals surface area contributed by atoms with Crippen LogP contribution in [0.4, 0.5) is 23.3 Å². The predicted octanol–water partition coefficient (Wildman–Crippen LogP) is -14.4. The number of nitrogens with zero attached hydrogens (tertiary/aromatic N) is 2. The van der Waals surface area contributed by atoms with Crippen molar-refractivity contribution in [3.8, 4) is 0 Å². The summed E-state index contributed by atoms with van der Waals surface area (Å²) >= 11 is 0. The third-order valence-electron chi connectivity index (χ3n) is 4.57. The van der Waals surface area contributed by atoms with Crippen LogP contribution in [0, 0.1) is 0 Å². The van der Waals surface area contributed by atoms with Gasteiger partial charge in [0.05, 0.1) is 17.9 Å². The molecule has 3 rings (SSSR count). The summed E-state index contributed by atoms with van der Waals surface area (Å²) in [6, 6.07) is 11.9. The molecule has 2 aromatic carbocycles. The number of aromatic amines is 1. The van der Waals surface area contributed by atoms with Crippen molar-refractivity contribution in [2.24, 2.45) is 0 Å². The van der Waals surface area contributed by atoms with Gasteiger partial charge in [-0.25, -0.2) is 4.79 Å². The third-order valence-corrected chi connectivity index (χ3v) is 4.57. The maximum absolute atomic E-state index is 12.0. The summed E-state index contributed by atoms with van der Waals surface area (Å²) in [5.41, 5.74) is -0.845. The second-order valence-corrected chi connectivity index (χ2v) is 7.22. The summed E-state index contributed by atoms with van der Waals surface area (Å²) < 4.78 is 0. The Hall–Kier alpha value is -1.72. The molecule has 3 N–H and O–H groups in total. The van der Waals surface area contributed by atoms with Crippen molar-refractivity contribution >= 4 is 53.3 Å². The number of carbonyl (C=O) groups is 3. The molecule has 3 aromatic rings. The van der Waals surface area contributed by atoms with Crippen LogP contribution in [0.2, 0.25) is 0 Å². The number of hydrogen-bond donors (Lipinski definition) is 3. The predicted molar refractivity (Wildman–Crippen MR) is 122 cm³/mol. The fourth-order valence-electron chi connectivity index (χ4n) is 2.88. The maximum Gasteiger partial charge on any atom is 1.00 e. The molecule has 0 aliphatic rings. The average molecular weight is 593 g/mol. The van der Waals surface area contributed by atoms with Gasteiger partial charge in [0.1, 0.15) is 0 Å². The number of carboxylic acid groups (broad SMARTS) is 3. The van der Waals surface area contributed by atoms with E-state index in [-0.39, 0.29) is 136 Å². The first kappa shape index (κ1) is 41.4. The number of aliphatic carboxylic acids is 3. The molecule has 0 amide bonds. The Kier molecular flexibility index (Phi) is 19.7. The van der Waals surface area contributed by atoms with E-state index in [1.165, 1.54) is 36.4 Å². The first-order valence-electron chi connectivity index (χ1n) is 10.2. The Morgan fingerprint density at radius 3 is 1.51 bits per heavy atom. The molecular weight excluding hydrogens is 578 g/mol. The number of nitrogens with one attached hydrogen (secondary N) is 3. The number of aromatic nitrogens is 3. The minimum Gasteiger partial charge on any atom is -0.872 e. The molecule has 13 nitrogen and oxygen atoms in total. The zero-order valence-corrected chi connectivity index (χ0v) is 30.6. The van der Waals surface area contributed by atoms with Gasteiger partial charge in [0.25, 0.3) is 0 Å². The molecule has 0 fully saturated rings. The van der Waals surface area contributed by atoms with E-state index in [0.29, 0.717) is 16.9 Å². The largest absolute Gasteiger partial charge is 1.00 e. The summed E-state index contributed by atoms with van der Waals surface area (Å²) in [6.45, 7) is 3.06. The van der Waals surface area contributed by atoms with Crippen molar-refractivity contribution in [1.29, 1.82) is 0 Å². The van der Waals surface area contributed by atoms with E-state index in [1.807, 2.05) is 0 Å². The van der Waals surface area contributed by atoms with Crippen LogP contribution in [0.15, 0.2) is 76.8 Å². The molecule has 188 valence electrons. The van der Waals surface area contributed by atoms with Gasteiger partial charge in [-0.3, -0.25) is 4.98 Å². The number of hydrogen-bond acceptors (Lipinski definition) is 12. The normalized spacial score (nSPS) is 9.71. The van der Waals surface area contributed by atoms with Gasteiger partial charge >= 0.3 is 124 Å². The van der Waals surface area contributed by atoms with Crippen molar-refractivity contribution in [2.45, 2.75) is 0 Å². The van der Waals surface area contributed by atoms with Crippen molar-refractivity contribution in [3.63, 3.8) is 0 Å². The van der Waals surface area contributed by atoms with Crippen LogP contribution < -0.4 is 155 Å². The van der Waals surface area contributed by atoms with Crippen LogP contribution in [0.1, 0.15) is 11.1 Å². The molecule has 0 spiro atoms. The Morgan fingerprint density at radius 1 is 0.683 bits per heavy atom. The molecule has 0 unspecified atom stereocenters. The minimum atomic E-state index is -1.89. The Morgan fingerprint density at radius 2 is 1.10 bits per heavy atom. The van der Waals surface area contributed by atoms with Gasteiger partial charge in [0.2, 0.25) is 11.9 Å². The van der Waals surface area contributed by atoms with Crippen LogP contribution in [-0.2, 0) is 14.4 Å². The molecule has 1 heterocycles. The summed E-state index contributed by atoms with van der Waals surface area (Å²) in [7, 11) is 0. The smallest absolute Gasteiger partial charge is 0.872 e. The molecule has 17 heteroatoms. The van der Waals surface area contributed by atoms with Gasteiger partial charge in [-0.05, 0) is 53.1 Å². The molecule has 0 aliphatic heterocycles. The summed E-state index contributed by atoms with van der Waals surface area (Å²) in [5, 5.41) is 49.6. The van der Waals surface area contributed by atoms with E-state index < -0.39 is 40.5 Å². The van der Waals surface area contributed by atoms with E-state index in [0.717, 1.165) is 12.2 Å². The molecule has 0 aliphatic carbocycles. The van der Waals surface area contributed by atoms with Gasteiger partial charge in [-0.2, -0.15) is 9.97 Å². The Balaban J connectivity index is 0. The van der Waals surface area contributed by atoms with Gasteiger partial charge < -0.3 is 45.4 Å². The van der Waals surface area contributed by atoms with Crippen LogP contribution in [0.5, 0.6) is 0 Å². The standard InChI is InChI=1S/C24H19N5O8.4Na/c1-12(30)17(19(31)32)10-13-2-6-15(7-3-13)25-22-27-23(29-24(37)28-22)26-16-8-4-14(5-9-16)11-18(20(33)34)21(35)36;;;;/h2-11,30H,1H2,(H,31,32)(H,33,34)(H,35,36)(H3,25,26,27,28,29,37);;;;/q;4*+1/p-4/b17-10-;;;;. The minimum absolute atomic E-state index is 0. The van der Waals surface area contributed by atoms with Crippen LogP contribution in [0.25, 0.3) is 12.2 Å². The number of carbonyl (C=O) groups excluding carboxylic acids is 3. The first-order chi connectivity index (χ1) is 17.5.